The third-order valence-electron chi connectivity index (χ3n) is 3.93. The van der Waals surface area contributed by atoms with Gasteiger partial charge in [-0.15, -0.1) is 0 Å². The van der Waals surface area contributed by atoms with Gasteiger partial charge in [0.15, 0.2) is 0 Å². The van der Waals surface area contributed by atoms with E-state index < -0.39 is 11.4 Å². The van der Waals surface area contributed by atoms with Crippen molar-refractivity contribution in [1.29, 1.82) is 0 Å². The van der Waals surface area contributed by atoms with Gasteiger partial charge in [0.2, 0.25) is 5.91 Å². The zero-order valence-electron chi connectivity index (χ0n) is 11.9. The molecule has 2 N–H and O–H groups in total. The molecule has 1 aromatic carbocycles. The molecule has 21 heavy (non-hydrogen) atoms. The van der Waals surface area contributed by atoms with Crippen LogP contribution in [0.2, 0.25) is 0 Å². The lowest BCUT2D eigenvalue weighted by molar-refractivity contribution is -0.137. The van der Waals surface area contributed by atoms with Crippen LogP contribution in [0.15, 0.2) is 24.3 Å². The van der Waals surface area contributed by atoms with Crippen LogP contribution in [0, 0.1) is 5.82 Å². The molecule has 0 saturated heterocycles. The first kappa shape index (κ1) is 15.5. The van der Waals surface area contributed by atoms with Gasteiger partial charge >= 0.3 is 5.97 Å². The number of carbonyl (C=O) groups excluding carboxylic acids is 1. The van der Waals surface area contributed by atoms with Crippen LogP contribution >= 0.6 is 0 Å². The Hall–Kier alpha value is -1.91. The molecule has 0 heterocycles. The number of amides is 1. The van der Waals surface area contributed by atoms with Crippen LogP contribution in [-0.4, -0.2) is 23.5 Å². The van der Waals surface area contributed by atoms with E-state index >= 15 is 0 Å². The van der Waals surface area contributed by atoms with E-state index in [-0.39, 0.29) is 18.1 Å². The average molecular weight is 293 g/mol. The molecule has 4 nitrogen and oxygen atoms in total. The van der Waals surface area contributed by atoms with Crippen LogP contribution in [0.3, 0.4) is 0 Å². The second-order valence-electron chi connectivity index (χ2n) is 5.52. The van der Waals surface area contributed by atoms with Crippen molar-refractivity contribution in [2.75, 3.05) is 6.54 Å². The van der Waals surface area contributed by atoms with E-state index in [0.29, 0.717) is 31.4 Å². The number of unbranched alkanes of at least 4 members (excludes halogenated alkanes) is 2. The molecule has 2 rings (SSSR count). The molecule has 0 aromatic heterocycles. The predicted molar refractivity (Wildman–Crippen MR) is 76.4 cm³/mol. The van der Waals surface area contributed by atoms with E-state index in [1.165, 1.54) is 6.07 Å². The lowest BCUT2D eigenvalue weighted by Crippen LogP contribution is -2.35. The summed E-state index contributed by atoms with van der Waals surface area (Å²) in [6.45, 7) is 0.509. The Balaban J connectivity index is 1.79. The van der Waals surface area contributed by atoms with Crippen LogP contribution in [0.1, 0.15) is 44.1 Å². The van der Waals surface area contributed by atoms with Gasteiger partial charge in [-0.1, -0.05) is 24.6 Å². The third-order valence-corrected chi connectivity index (χ3v) is 3.93. The van der Waals surface area contributed by atoms with E-state index in [0.717, 1.165) is 12.8 Å². The zero-order valence-corrected chi connectivity index (χ0v) is 11.9. The largest absolute Gasteiger partial charge is 0.481 e. The zero-order chi connectivity index (χ0) is 15.3. The van der Waals surface area contributed by atoms with Crippen molar-refractivity contribution in [2.45, 2.75) is 43.9 Å². The SMILES string of the molecule is O=C(O)CCCCCNC(=O)C1(c2ccccc2F)CC1. The lowest BCUT2D eigenvalue weighted by atomic mass is 9.94. The van der Waals surface area contributed by atoms with Crippen LogP contribution < -0.4 is 5.32 Å². The molecule has 1 fully saturated rings. The standard InChI is InChI=1S/C16H20FNO3/c17-13-7-4-3-6-12(13)16(9-10-16)15(21)18-11-5-1-2-8-14(19)20/h3-4,6-7H,1-2,5,8-11H2,(H,18,21)(H,19,20). The maximum Gasteiger partial charge on any atom is 0.303 e. The second-order valence-corrected chi connectivity index (χ2v) is 5.52. The van der Waals surface area contributed by atoms with Crippen molar-refractivity contribution in [3.63, 3.8) is 0 Å². The molecule has 0 unspecified atom stereocenters. The summed E-state index contributed by atoms with van der Waals surface area (Å²) < 4.78 is 13.8. The summed E-state index contributed by atoms with van der Waals surface area (Å²) in [5, 5.41) is 11.4. The fourth-order valence-electron chi connectivity index (χ4n) is 2.54. The quantitative estimate of drug-likeness (QED) is 0.724. The molecule has 0 bridgehead atoms. The van der Waals surface area contributed by atoms with Gasteiger partial charge in [0.05, 0.1) is 5.41 Å². The summed E-state index contributed by atoms with van der Waals surface area (Å²) in [4.78, 5) is 22.6. The third kappa shape index (κ3) is 3.80. The maximum absolute atomic E-state index is 13.8. The van der Waals surface area contributed by atoms with Gasteiger partial charge in [0.1, 0.15) is 5.82 Å². The highest BCUT2D eigenvalue weighted by Crippen LogP contribution is 2.49. The number of rotatable bonds is 8. The highest BCUT2D eigenvalue weighted by Gasteiger charge is 2.52. The van der Waals surface area contributed by atoms with E-state index in [9.17, 15) is 14.0 Å². The fourth-order valence-corrected chi connectivity index (χ4v) is 2.54. The molecule has 0 spiro atoms. The van der Waals surface area contributed by atoms with Gasteiger partial charge in [-0.25, -0.2) is 4.39 Å². The summed E-state index contributed by atoms with van der Waals surface area (Å²) in [7, 11) is 0. The predicted octanol–water partition coefficient (Wildman–Crippen LogP) is 2.62. The summed E-state index contributed by atoms with van der Waals surface area (Å²) in [5.41, 5.74) is -0.208. The normalized spacial score (nSPS) is 15.5. The second kappa shape index (κ2) is 6.70. The summed E-state index contributed by atoms with van der Waals surface area (Å²) in [5.74, 6) is -1.24. The van der Waals surface area contributed by atoms with E-state index in [4.69, 9.17) is 5.11 Å². The molecular weight excluding hydrogens is 273 g/mol. The number of carboxylic acids is 1. The molecule has 0 aliphatic heterocycles. The highest BCUT2D eigenvalue weighted by atomic mass is 19.1. The van der Waals surface area contributed by atoms with Crippen molar-refractivity contribution < 1.29 is 19.1 Å². The molecule has 1 saturated carbocycles. The summed E-state index contributed by atoms with van der Waals surface area (Å²) in [6, 6.07) is 6.43. The molecule has 0 atom stereocenters. The Morgan fingerprint density at radius 2 is 1.90 bits per heavy atom. The molecule has 114 valence electrons. The van der Waals surface area contributed by atoms with Gasteiger partial charge in [-0.05, 0) is 31.7 Å². The van der Waals surface area contributed by atoms with E-state index in [2.05, 4.69) is 5.32 Å². The minimum Gasteiger partial charge on any atom is -0.481 e. The molecule has 1 amide bonds. The Kier molecular flexibility index (Phi) is 4.94. The topological polar surface area (TPSA) is 66.4 Å². The number of hydrogen-bond donors (Lipinski definition) is 2. The highest BCUT2D eigenvalue weighted by molar-refractivity contribution is 5.91. The van der Waals surface area contributed by atoms with Crippen molar-refractivity contribution in [2.24, 2.45) is 0 Å². The summed E-state index contributed by atoms with van der Waals surface area (Å²) >= 11 is 0. The van der Waals surface area contributed by atoms with Crippen LogP contribution in [0.5, 0.6) is 0 Å². The maximum atomic E-state index is 13.8. The molecule has 5 heteroatoms. The Morgan fingerprint density at radius 1 is 1.19 bits per heavy atom. The van der Waals surface area contributed by atoms with Crippen molar-refractivity contribution in [3.8, 4) is 0 Å². The Bertz CT molecular complexity index is 526. The average Bonchev–Trinajstić information content (AvgIpc) is 3.24. The van der Waals surface area contributed by atoms with Crippen LogP contribution in [0.4, 0.5) is 4.39 Å². The van der Waals surface area contributed by atoms with Gasteiger partial charge in [0.25, 0.3) is 0 Å². The number of carboxylic acid groups (broad SMARTS) is 1. The van der Waals surface area contributed by atoms with E-state index in [1.54, 1.807) is 18.2 Å². The number of benzene rings is 1. The van der Waals surface area contributed by atoms with Crippen molar-refractivity contribution in [3.05, 3.63) is 35.6 Å². The number of nitrogens with one attached hydrogen (secondary N) is 1. The van der Waals surface area contributed by atoms with Gasteiger partial charge in [-0.3, -0.25) is 9.59 Å². The monoisotopic (exact) mass is 293 g/mol. The van der Waals surface area contributed by atoms with Gasteiger partial charge in [-0.2, -0.15) is 0 Å². The van der Waals surface area contributed by atoms with Crippen LogP contribution in [-0.2, 0) is 15.0 Å². The van der Waals surface area contributed by atoms with E-state index in [1.807, 2.05) is 0 Å². The molecule has 1 aromatic rings. The molecular formula is C16H20FNO3. The molecule has 1 aliphatic rings. The summed E-state index contributed by atoms with van der Waals surface area (Å²) in [6.07, 6.45) is 3.64. The Morgan fingerprint density at radius 3 is 2.52 bits per heavy atom. The van der Waals surface area contributed by atoms with Crippen molar-refractivity contribution >= 4 is 11.9 Å². The number of halogens is 1. The first-order valence-electron chi connectivity index (χ1n) is 7.31. The number of aliphatic carboxylic acids is 1. The van der Waals surface area contributed by atoms with Gasteiger partial charge in [0, 0.05) is 18.5 Å². The number of carbonyl (C=O) groups is 2. The Labute approximate surface area is 123 Å². The first-order valence-corrected chi connectivity index (χ1v) is 7.31. The molecule has 0 radical (unpaired) electrons. The van der Waals surface area contributed by atoms with Crippen molar-refractivity contribution in [1.82, 2.24) is 5.32 Å². The minimum absolute atomic E-state index is 0.120. The smallest absolute Gasteiger partial charge is 0.303 e. The minimum atomic E-state index is -0.796. The lowest BCUT2D eigenvalue weighted by Gasteiger charge is -2.16. The number of hydrogen-bond acceptors (Lipinski definition) is 2. The fraction of sp³-hybridized carbons (Fsp3) is 0.500. The molecule has 1 aliphatic carbocycles. The first-order chi connectivity index (χ1) is 10.1. The van der Waals surface area contributed by atoms with Crippen LogP contribution in [0.25, 0.3) is 0 Å². The van der Waals surface area contributed by atoms with Gasteiger partial charge < -0.3 is 10.4 Å².